The number of rotatable bonds is 5. The molecule has 0 saturated heterocycles. The molecule has 0 saturated carbocycles. The molecule has 21 heavy (non-hydrogen) atoms. The highest BCUT2D eigenvalue weighted by molar-refractivity contribution is 7.80. The van der Waals surface area contributed by atoms with Crippen LogP contribution in [0.25, 0.3) is 0 Å². The van der Waals surface area contributed by atoms with Gasteiger partial charge in [-0.25, -0.2) is 0 Å². The quantitative estimate of drug-likeness (QED) is 0.623. The van der Waals surface area contributed by atoms with Gasteiger partial charge in [-0.05, 0) is 36.5 Å². The molecule has 0 amide bonds. The average molecular weight is 319 g/mol. The van der Waals surface area contributed by atoms with Crippen molar-refractivity contribution in [2.24, 2.45) is 0 Å². The van der Waals surface area contributed by atoms with Gasteiger partial charge in [-0.15, -0.1) is 6.58 Å². The van der Waals surface area contributed by atoms with E-state index in [1.165, 1.54) is 0 Å². The summed E-state index contributed by atoms with van der Waals surface area (Å²) in [5, 5.41) is 7.17. The number of benzene rings is 2. The number of hydrogen-bond donors (Lipinski definition) is 2. The average Bonchev–Trinajstić information content (AvgIpc) is 2.49. The smallest absolute Gasteiger partial charge is 0.171 e. The fourth-order valence-electron chi connectivity index (χ4n) is 1.63. The molecule has 2 aromatic carbocycles. The van der Waals surface area contributed by atoms with Crippen LogP contribution in [0.1, 0.15) is 0 Å². The van der Waals surface area contributed by atoms with Crippen LogP contribution in [0.2, 0.25) is 5.02 Å². The largest absolute Gasteiger partial charge is 0.455 e. The standard InChI is InChI=1S/C16H15ClN2OS/c1-2-10-18-16(21)19-14-9-8-12(17)11-15(14)20-13-6-4-3-5-7-13/h2-9,11H,1,10H2,(H2,18,19,21). The Morgan fingerprint density at radius 1 is 1.24 bits per heavy atom. The second kappa shape index (κ2) is 7.67. The minimum absolute atomic E-state index is 0.495. The first-order chi connectivity index (χ1) is 10.2. The van der Waals surface area contributed by atoms with Gasteiger partial charge in [-0.3, -0.25) is 0 Å². The first kappa shape index (κ1) is 15.4. The highest BCUT2D eigenvalue weighted by Gasteiger charge is 2.07. The molecular formula is C16H15ClN2OS. The summed E-state index contributed by atoms with van der Waals surface area (Å²) in [4.78, 5) is 0. The Morgan fingerprint density at radius 3 is 2.71 bits per heavy atom. The Hall–Kier alpha value is -2.04. The van der Waals surface area contributed by atoms with Crippen molar-refractivity contribution in [3.05, 3.63) is 66.2 Å². The Balaban J connectivity index is 2.17. The Kier molecular flexibility index (Phi) is 5.60. The monoisotopic (exact) mass is 318 g/mol. The van der Waals surface area contributed by atoms with Crippen LogP contribution in [0.3, 0.4) is 0 Å². The molecule has 3 nitrogen and oxygen atoms in total. The summed E-state index contributed by atoms with van der Waals surface area (Å²) < 4.78 is 5.84. The predicted octanol–water partition coefficient (Wildman–Crippen LogP) is 4.60. The lowest BCUT2D eigenvalue weighted by Crippen LogP contribution is -2.28. The topological polar surface area (TPSA) is 33.3 Å². The van der Waals surface area contributed by atoms with Crippen molar-refractivity contribution in [2.45, 2.75) is 0 Å². The van der Waals surface area contributed by atoms with Gasteiger partial charge in [0.05, 0.1) is 5.69 Å². The van der Waals surface area contributed by atoms with Crippen molar-refractivity contribution in [1.29, 1.82) is 0 Å². The lowest BCUT2D eigenvalue weighted by atomic mass is 10.3. The van der Waals surface area contributed by atoms with E-state index in [1.807, 2.05) is 36.4 Å². The Bertz CT molecular complexity index is 631. The van der Waals surface area contributed by atoms with Gasteiger partial charge in [0, 0.05) is 17.6 Å². The minimum Gasteiger partial charge on any atom is -0.455 e. The number of hydrogen-bond acceptors (Lipinski definition) is 2. The summed E-state index contributed by atoms with van der Waals surface area (Å²) in [5.41, 5.74) is 0.741. The predicted molar refractivity (Wildman–Crippen MR) is 92.4 cm³/mol. The van der Waals surface area contributed by atoms with Gasteiger partial charge in [-0.2, -0.15) is 0 Å². The molecule has 108 valence electrons. The van der Waals surface area contributed by atoms with E-state index in [4.69, 9.17) is 28.6 Å². The summed E-state index contributed by atoms with van der Waals surface area (Å²) in [7, 11) is 0. The third-order valence-corrected chi connectivity index (χ3v) is 3.05. The summed E-state index contributed by atoms with van der Waals surface area (Å²) in [6.07, 6.45) is 1.73. The van der Waals surface area contributed by atoms with Crippen molar-refractivity contribution in [1.82, 2.24) is 5.32 Å². The second-order valence-electron chi connectivity index (χ2n) is 4.18. The van der Waals surface area contributed by atoms with E-state index >= 15 is 0 Å². The van der Waals surface area contributed by atoms with Gasteiger partial charge >= 0.3 is 0 Å². The van der Waals surface area contributed by atoms with Gasteiger partial charge in [-0.1, -0.05) is 35.9 Å². The van der Waals surface area contributed by atoms with Crippen molar-refractivity contribution in [3.8, 4) is 11.5 Å². The van der Waals surface area contributed by atoms with Crippen LogP contribution < -0.4 is 15.4 Å². The molecule has 0 spiro atoms. The van der Waals surface area contributed by atoms with E-state index in [0.717, 1.165) is 11.4 Å². The van der Waals surface area contributed by atoms with Crippen molar-refractivity contribution < 1.29 is 4.74 Å². The summed E-state index contributed by atoms with van der Waals surface area (Å²) in [6, 6.07) is 14.8. The number of nitrogens with one attached hydrogen (secondary N) is 2. The third kappa shape index (κ3) is 4.77. The van der Waals surface area contributed by atoms with Crippen LogP contribution in [0.5, 0.6) is 11.5 Å². The van der Waals surface area contributed by atoms with E-state index in [1.54, 1.807) is 18.2 Å². The van der Waals surface area contributed by atoms with Crippen LogP contribution in [0.4, 0.5) is 5.69 Å². The van der Waals surface area contributed by atoms with Crippen LogP contribution in [0, 0.1) is 0 Å². The fourth-order valence-corrected chi connectivity index (χ4v) is 1.99. The maximum atomic E-state index is 6.03. The normalized spacial score (nSPS) is 9.76. The van der Waals surface area contributed by atoms with E-state index in [-0.39, 0.29) is 0 Å². The molecule has 0 aliphatic heterocycles. The van der Waals surface area contributed by atoms with E-state index in [0.29, 0.717) is 22.4 Å². The molecule has 2 aromatic rings. The maximum absolute atomic E-state index is 6.03. The molecule has 0 bridgehead atoms. The van der Waals surface area contributed by atoms with Crippen molar-refractivity contribution in [2.75, 3.05) is 11.9 Å². The molecule has 0 aliphatic carbocycles. The van der Waals surface area contributed by atoms with Gasteiger partial charge < -0.3 is 15.4 Å². The van der Waals surface area contributed by atoms with Gasteiger partial charge in [0.15, 0.2) is 10.9 Å². The van der Waals surface area contributed by atoms with Gasteiger partial charge in [0.2, 0.25) is 0 Å². The molecule has 0 fully saturated rings. The lowest BCUT2D eigenvalue weighted by Gasteiger charge is -2.14. The van der Waals surface area contributed by atoms with Gasteiger partial charge in [0.1, 0.15) is 5.75 Å². The van der Waals surface area contributed by atoms with E-state index < -0.39 is 0 Å². The lowest BCUT2D eigenvalue weighted by molar-refractivity contribution is 0.485. The molecular weight excluding hydrogens is 304 g/mol. The summed E-state index contributed by atoms with van der Waals surface area (Å²) in [6.45, 7) is 4.22. The molecule has 0 unspecified atom stereocenters. The van der Waals surface area contributed by atoms with E-state index in [9.17, 15) is 0 Å². The zero-order valence-corrected chi connectivity index (χ0v) is 12.9. The minimum atomic E-state index is 0.495. The SMILES string of the molecule is C=CCNC(=S)Nc1ccc(Cl)cc1Oc1ccccc1. The zero-order valence-electron chi connectivity index (χ0n) is 11.3. The third-order valence-electron chi connectivity index (χ3n) is 2.57. The van der Waals surface area contributed by atoms with Gasteiger partial charge in [0.25, 0.3) is 0 Å². The first-order valence-electron chi connectivity index (χ1n) is 6.37. The van der Waals surface area contributed by atoms with Crippen LogP contribution >= 0.6 is 23.8 Å². The van der Waals surface area contributed by atoms with Crippen LogP contribution in [0.15, 0.2) is 61.2 Å². The molecule has 0 aliphatic rings. The van der Waals surface area contributed by atoms with Crippen molar-refractivity contribution in [3.63, 3.8) is 0 Å². The molecule has 2 rings (SSSR count). The second-order valence-corrected chi connectivity index (χ2v) is 5.02. The molecule has 0 aromatic heterocycles. The van der Waals surface area contributed by atoms with Crippen LogP contribution in [-0.2, 0) is 0 Å². The van der Waals surface area contributed by atoms with Crippen LogP contribution in [-0.4, -0.2) is 11.7 Å². The number of para-hydroxylation sites is 1. The summed E-state index contributed by atoms with van der Waals surface area (Å²) >= 11 is 11.2. The number of thiocarbonyl (C=S) groups is 1. The molecule has 2 N–H and O–H groups in total. The fraction of sp³-hybridized carbons (Fsp3) is 0.0625. The Morgan fingerprint density at radius 2 is 2.00 bits per heavy atom. The summed E-state index contributed by atoms with van der Waals surface area (Å²) in [5.74, 6) is 1.34. The molecule has 0 atom stereocenters. The highest BCUT2D eigenvalue weighted by Crippen LogP contribution is 2.32. The zero-order chi connectivity index (χ0) is 15.1. The molecule has 0 heterocycles. The number of ether oxygens (including phenoxy) is 1. The molecule has 5 heteroatoms. The van der Waals surface area contributed by atoms with E-state index in [2.05, 4.69) is 17.2 Å². The first-order valence-corrected chi connectivity index (χ1v) is 7.16. The number of halogens is 1. The van der Waals surface area contributed by atoms with Crippen molar-refractivity contribution >= 4 is 34.6 Å². The Labute approximate surface area is 134 Å². The maximum Gasteiger partial charge on any atom is 0.171 e. The highest BCUT2D eigenvalue weighted by atomic mass is 35.5. The molecule has 0 radical (unpaired) electrons. The number of anilines is 1.